The van der Waals surface area contributed by atoms with Crippen molar-refractivity contribution >= 4 is 11.8 Å². The van der Waals surface area contributed by atoms with E-state index in [1.54, 1.807) is 11.8 Å². The van der Waals surface area contributed by atoms with Crippen LogP contribution in [0, 0.1) is 5.92 Å². The average Bonchev–Trinajstić information content (AvgIpc) is 3.16. The molecule has 1 heterocycles. The number of hydrogen-bond donors (Lipinski definition) is 1. The lowest BCUT2D eigenvalue weighted by atomic mass is 9.89. The number of ether oxygens (including phenoxy) is 1. The molecule has 2 atom stereocenters. The van der Waals surface area contributed by atoms with Crippen LogP contribution in [0.15, 0.2) is 0 Å². The first-order valence-corrected chi connectivity index (χ1v) is 7.48. The van der Waals surface area contributed by atoms with Crippen LogP contribution in [-0.4, -0.2) is 47.0 Å². The van der Waals surface area contributed by atoms with Crippen LogP contribution in [0.1, 0.15) is 47.5 Å². The second-order valence-electron chi connectivity index (χ2n) is 6.77. The van der Waals surface area contributed by atoms with Gasteiger partial charge in [-0.3, -0.25) is 9.59 Å². The van der Waals surface area contributed by atoms with E-state index in [1.165, 1.54) is 0 Å². The van der Waals surface area contributed by atoms with E-state index < -0.39 is 17.2 Å². The predicted octanol–water partition coefficient (Wildman–Crippen LogP) is 1.32. The molecule has 2 rings (SSSR count). The molecular formula is C15H26N2O3. The lowest BCUT2D eigenvalue weighted by Gasteiger charge is -2.46. The number of piperazine rings is 1. The van der Waals surface area contributed by atoms with Gasteiger partial charge in [0.15, 0.2) is 0 Å². The lowest BCUT2D eigenvalue weighted by Crippen LogP contribution is -2.70. The Bertz CT molecular complexity index is 417. The number of amides is 2. The zero-order chi connectivity index (χ0) is 15.1. The molecule has 0 radical (unpaired) electrons. The van der Waals surface area contributed by atoms with Crippen LogP contribution in [0.25, 0.3) is 0 Å². The summed E-state index contributed by atoms with van der Waals surface area (Å²) in [6.07, 6.45) is 2.03. The van der Waals surface area contributed by atoms with Crippen molar-refractivity contribution < 1.29 is 14.3 Å². The van der Waals surface area contributed by atoms with Crippen molar-refractivity contribution in [2.24, 2.45) is 5.92 Å². The third-order valence-corrected chi connectivity index (χ3v) is 4.41. The monoisotopic (exact) mass is 282 g/mol. The summed E-state index contributed by atoms with van der Waals surface area (Å²) < 4.78 is 5.68. The van der Waals surface area contributed by atoms with E-state index in [2.05, 4.69) is 5.32 Å². The minimum absolute atomic E-state index is 0.0277. The van der Waals surface area contributed by atoms with Gasteiger partial charge in [-0.05, 0) is 53.4 Å². The van der Waals surface area contributed by atoms with Gasteiger partial charge in [-0.15, -0.1) is 0 Å². The minimum atomic E-state index is -0.730. The van der Waals surface area contributed by atoms with Crippen LogP contribution in [0.2, 0.25) is 0 Å². The summed E-state index contributed by atoms with van der Waals surface area (Å²) >= 11 is 0. The van der Waals surface area contributed by atoms with Crippen molar-refractivity contribution in [1.29, 1.82) is 0 Å². The van der Waals surface area contributed by atoms with Crippen molar-refractivity contribution in [2.45, 2.75) is 64.6 Å². The Kier molecular flexibility index (Phi) is 3.84. The van der Waals surface area contributed by atoms with Crippen molar-refractivity contribution in [3.8, 4) is 0 Å². The highest BCUT2D eigenvalue weighted by atomic mass is 16.5. The number of carbonyl (C=O) groups is 2. The summed E-state index contributed by atoms with van der Waals surface area (Å²) in [7, 11) is 0. The molecule has 20 heavy (non-hydrogen) atoms. The van der Waals surface area contributed by atoms with Gasteiger partial charge in [-0.1, -0.05) is 0 Å². The quantitative estimate of drug-likeness (QED) is 0.827. The molecule has 5 nitrogen and oxygen atoms in total. The first-order chi connectivity index (χ1) is 9.21. The third kappa shape index (κ3) is 2.68. The van der Waals surface area contributed by atoms with E-state index in [4.69, 9.17) is 4.74 Å². The maximum Gasteiger partial charge on any atom is 0.249 e. The second-order valence-corrected chi connectivity index (χ2v) is 6.77. The number of nitrogens with zero attached hydrogens (tertiary/aromatic N) is 1. The number of rotatable bonds is 5. The number of carbonyl (C=O) groups excluding carboxylic acids is 2. The van der Waals surface area contributed by atoms with Gasteiger partial charge in [0, 0.05) is 6.61 Å². The molecule has 0 aromatic heterocycles. The molecule has 2 aliphatic rings. The summed E-state index contributed by atoms with van der Waals surface area (Å²) in [5, 5.41) is 2.93. The molecule has 1 aliphatic heterocycles. The zero-order valence-electron chi connectivity index (χ0n) is 13.2. The Morgan fingerprint density at radius 3 is 2.50 bits per heavy atom. The van der Waals surface area contributed by atoms with Crippen molar-refractivity contribution in [2.75, 3.05) is 13.2 Å². The van der Waals surface area contributed by atoms with Crippen LogP contribution in [0.3, 0.4) is 0 Å². The van der Waals surface area contributed by atoms with E-state index in [1.807, 2.05) is 27.7 Å². The molecule has 1 aliphatic carbocycles. The minimum Gasteiger partial charge on any atom is -0.374 e. The van der Waals surface area contributed by atoms with E-state index in [0.29, 0.717) is 13.2 Å². The highest BCUT2D eigenvalue weighted by Crippen LogP contribution is 2.42. The van der Waals surface area contributed by atoms with Crippen LogP contribution < -0.4 is 5.32 Å². The van der Waals surface area contributed by atoms with Gasteiger partial charge in [-0.25, -0.2) is 0 Å². The Morgan fingerprint density at radius 1 is 1.40 bits per heavy atom. The second kappa shape index (κ2) is 5.02. The SMILES string of the molecule is CCOC(C)(C)CN1C(=O)C(C)(C2CC2)NC(=O)C1C. The fourth-order valence-corrected chi connectivity index (χ4v) is 3.02. The summed E-state index contributed by atoms with van der Waals surface area (Å²) in [5.74, 6) is 0.246. The van der Waals surface area contributed by atoms with Crippen LogP contribution in [-0.2, 0) is 14.3 Å². The van der Waals surface area contributed by atoms with Gasteiger partial charge >= 0.3 is 0 Å². The van der Waals surface area contributed by atoms with Crippen molar-refractivity contribution in [1.82, 2.24) is 10.2 Å². The molecule has 0 bridgehead atoms. The largest absolute Gasteiger partial charge is 0.374 e. The fraction of sp³-hybridized carbons (Fsp3) is 0.867. The average molecular weight is 282 g/mol. The highest BCUT2D eigenvalue weighted by molar-refractivity contribution is 5.99. The van der Waals surface area contributed by atoms with Gasteiger partial charge < -0.3 is 15.0 Å². The third-order valence-electron chi connectivity index (χ3n) is 4.41. The summed E-state index contributed by atoms with van der Waals surface area (Å²) in [6.45, 7) is 10.5. The maximum atomic E-state index is 12.8. The smallest absolute Gasteiger partial charge is 0.249 e. The lowest BCUT2D eigenvalue weighted by molar-refractivity contribution is -0.159. The van der Waals surface area contributed by atoms with Gasteiger partial charge in [-0.2, -0.15) is 0 Å². The topological polar surface area (TPSA) is 58.6 Å². The van der Waals surface area contributed by atoms with Gasteiger partial charge in [0.25, 0.3) is 0 Å². The fourth-order valence-electron chi connectivity index (χ4n) is 3.02. The molecular weight excluding hydrogens is 256 g/mol. The van der Waals surface area contributed by atoms with E-state index >= 15 is 0 Å². The van der Waals surface area contributed by atoms with Crippen LogP contribution >= 0.6 is 0 Å². The molecule has 0 aromatic carbocycles. The number of nitrogens with one attached hydrogen (secondary N) is 1. The van der Waals surface area contributed by atoms with Crippen LogP contribution in [0.5, 0.6) is 0 Å². The molecule has 0 spiro atoms. The summed E-state index contributed by atoms with van der Waals surface area (Å²) in [5.41, 5.74) is -1.17. The Hall–Kier alpha value is -1.10. The summed E-state index contributed by atoms with van der Waals surface area (Å²) in [4.78, 5) is 26.7. The van der Waals surface area contributed by atoms with E-state index in [9.17, 15) is 9.59 Å². The van der Waals surface area contributed by atoms with E-state index in [-0.39, 0.29) is 17.7 Å². The van der Waals surface area contributed by atoms with Gasteiger partial charge in [0.1, 0.15) is 11.6 Å². The van der Waals surface area contributed by atoms with Gasteiger partial charge in [0.05, 0.1) is 12.1 Å². The predicted molar refractivity (Wildman–Crippen MR) is 76.2 cm³/mol. The normalized spacial score (nSPS) is 31.4. The molecule has 1 N–H and O–H groups in total. The van der Waals surface area contributed by atoms with Crippen molar-refractivity contribution in [3.05, 3.63) is 0 Å². The highest BCUT2D eigenvalue weighted by Gasteiger charge is 2.55. The Balaban J connectivity index is 2.20. The Labute approximate surface area is 121 Å². The zero-order valence-corrected chi connectivity index (χ0v) is 13.2. The van der Waals surface area contributed by atoms with Crippen LogP contribution in [0.4, 0.5) is 0 Å². The standard InChI is InChI=1S/C15H26N2O3/c1-6-20-14(3,4)9-17-10(2)12(18)16-15(5,13(17)19)11-7-8-11/h10-11H,6-9H2,1-5H3,(H,16,18). The molecule has 2 amide bonds. The number of hydrogen-bond acceptors (Lipinski definition) is 3. The summed E-state index contributed by atoms with van der Waals surface area (Å²) in [6, 6.07) is -0.436. The van der Waals surface area contributed by atoms with Crippen molar-refractivity contribution in [3.63, 3.8) is 0 Å². The molecule has 5 heteroatoms. The molecule has 114 valence electrons. The molecule has 2 unspecified atom stereocenters. The first-order valence-electron chi connectivity index (χ1n) is 7.48. The molecule has 2 fully saturated rings. The van der Waals surface area contributed by atoms with Gasteiger partial charge in [0.2, 0.25) is 11.8 Å². The van der Waals surface area contributed by atoms with E-state index in [0.717, 1.165) is 12.8 Å². The Morgan fingerprint density at radius 2 is 2.00 bits per heavy atom. The molecule has 0 aromatic rings. The first kappa shape index (κ1) is 15.3. The molecule has 1 saturated carbocycles. The molecule has 1 saturated heterocycles. The maximum absolute atomic E-state index is 12.8.